The Morgan fingerprint density at radius 2 is 1.97 bits per heavy atom. The Bertz CT molecular complexity index is 1180. The third-order valence-electron chi connectivity index (χ3n) is 4.87. The van der Waals surface area contributed by atoms with E-state index in [0.717, 1.165) is 19.1 Å². The van der Waals surface area contributed by atoms with E-state index in [4.69, 9.17) is 4.74 Å². The molecule has 3 rings (SSSR count). The van der Waals surface area contributed by atoms with Gasteiger partial charge in [-0.15, -0.1) is 0 Å². The molecule has 6 nitrogen and oxygen atoms in total. The summed E-state index contributed by atoms with van der Waals surface area (Å²) in [6.07, 6.45) is -5.00. The molecule has 0 saturated carbocycles. The zero-order valence-electron chi connectivity index (χ0n) is 17.4. The molecule has 0 spiro atoms. The lowest BCUT2D eigenvalue weighted by molar-refractivity contribution is -0.139. The zero-order chi connectivity index (χ0) is 24.2. The van der Waals surface area contributed by atoms with Crippen LogP contribution in [0.3, 0.4) is 0 Å². The van der Waals surface area contributed by atoms with Crippen molar-refractivity contribution in [3.8, 4) is 11.8 Å². The number of carbonyl (C=O) groups excluding carboxylic acids is 1. The fourth-order valence-corrected chi connectivity index (χ4v) is 3.47. The van der Waals surface area contributed by atoms with Gasteiger partial charge in [0.05, 0.1) is 34.5 Å². The summed E-state index contributed by atoms with van der Waals surface area (Å²) in [5.41, 5.74) is -0.245. The molecule has 11 heteroatoms. The second-order valence-electron chi connectivity index (χ2n) is 7.23. The summed E-state index contributed by atoms with van der Waals surface area (Å²) >= 11 is 0. The normalized spacial score (nSPS) is 12.5. The number of nitrogens with one attached hydrogen (secondary N) is 1. The molecule has 0 radical (unpaired) electrons. The summed E-state index contributed by atoms with van der Waals surface area (Å²) in [5, 5.41) is 11.9. The minimum Gasteiger partial charge on any atom is -0.485 e. The number of benzene rings is 2. The number of alkyl halides is 5. The van der Waals surface area contributed by atoms with Crippen molar-refractivity contribution in [3.63, 3.8) is 0 Å². The number of nitriles is 1. The van der Waals surface area contributed by atoms with Crippen LogP contribution in [0.2, 0.25) is 0 Å². The first-order valence-electron chi connectivity index (χ1n) is 9.78. The number of ether oxygens (including phenoxy) is 1. The molecule has 1 amide bonds. The van der Waals surface area contributed by atoms with Gasteiger partial charge in [-0.05, 0) is 29.8 Å². The molecule has 0 aliphatic carbocycles. The molecule has 0 aliphatic heterocycles. The minimum absolute atomic E-state index is 0.157. The average Bonchev–Trinajstić information content (AvgIpc) is 3.19. The zero-order valence-corrected chi connectivity index (χ0v) is 17.4. The maximum Gasteiger partial charge on any atom is 0.416 e. The lowest BCUT2D eigenvalue weighted by atomic mass is 9.98. The molecule has 0 saturated heterocycles. The van der Waals surface area contributed by atoms with Gasteiger partial charge < -0.3 is 14.6 Å². The van der Waals surface area contributed by atoms with Gasteiger partial charge >= 0.3 is 6.18 Å². The van der Waals surface area contributed by atoms with Crippen molar-refractivity contribution in [2.45, 2.75) is 31.8 Å². The second-order valence-corrected chi connectivity index (χ2v) is 7.23. The highest BCUT2D eigenvalue weighted by Gasteiger charge is 2.36. The Labute approximate surface area is 185 Å². The molecule has 1 aromatic heterocycles. The van der Waals surface area contributed by atoms with Crippen LogP contribution in [0.15, 0.2) is 42.7 Å². The van der Waals surface area contributed by atoms with Crippen molar-refractivity contribution in [2.75, 3.05) is 13.3 Å². The van der Waals surface area contributed by atoms with E-state index in [1.807, 2.05) is 6.07 Å². The van der Waals surface area contributed by atoms with Crippen LogP contribution < -0.4 is 10.1 Å². The van der Waals surface area contributed by atoms with Gasteiger partial charge in [0.25, 0.3) is 0 Å². The quantitative estimate of drug-likeness (QED) is 0.496. The molecule has 3 aromatic rings. The number of para-hydroxylation sites is 1. The molecule has 33 heavy (non-hydrogen) atoms. The minimum atomic E-state index is -4.85. The Balaban J connectivity index is 2.07. The van der Waals surface area contributed by atoms with E-state index < -0.39 is 43.1 Å². The van der Waals surface area contributed by atoms with E-state index in [1.54, 1.807) is 18.2 Å². The first kappa shape index (κ1) is 24.0. The number of rotatable bonds is 8. The number of hydrogen-bond donors (Lipinski definition) is 1. The lowest BCUT2D eigenvalue weighted by Gasteiger charge is -2.24. The third kappa shape index (κ3) is 5.39. The molecule has 1 heterocycles. The number of fused-ring (bicyclic) bond motifs is 1. The number of aromatic nitrogens is 2. The van der Waals surface area contributed by atoms with Gasteiger partial charge in [0, 0.05) is 13.5 Å². The Hall–Kier alpha value is -3.68. The van der Waals surface area contributed by atoms with Crippen LogP contribution in [-0.4, -0.2) is 34.9 Å². The van der Waals surface area contributed by atoms with Gasteiger partial charge in [0.15, 0.2) is 6.10 Å². The monoisotopic (exact) mass is 466 g/mol. The smallest absolute Gasteiger partial charge is 0.416 e. The van der Waals surface area contributed by atoms with Crippen molar-refractivity contribution in [2.24, 2.45) is 0 Å². The molecule has 0 bridgehead atoms. The standard InChI is InChI=1S/C22H19F5N4O2/c1-13(32)30-20(11-31-12-29-19-4-2-3-14(10-28)21(19)31)17-6-5-15(33-16(8-23)9-24)7-18(17)22(25,26)27/h2-7,12,16,20H,8-9,11H2,1H3,(H,30,32). The van der Waals surface area contributed by atoms with Crippen LogP contribution in [0, 0.1) is 11.3 Å². The van der Waals surface area contributed by atoms with Crippen LogP contribution in [0.5, 0.6) is 5.75 Å². The van der Waals surface area contributed by atoms with Crippen molar-refractivity contribution < 1.29 is 31.5 Å². The molecular weight excluding hydrogens is 447 g/mol. The highest BCUT2D eigenvalue weighted by molar-refractivity contribution is 5.81. The predicted molar refractivity (Wildman–Crippen MR) is 109 cm³/mol. The second kappa shape index (κ2) is 9.85. The van der Waals surface area contributed by atoms with Crippen molar-refractivity contribution in [1.82, 2.24) is 14.9 Å². The van der Waals surface area contributed by atoms with Crippen LogP contribution >= 0.6 is 0 Å². The van der Waals surface area contributed by atoms with E-state index in [9.17, 15) is 32.0 Å². The van der Waals surface area contributed by atoms with Gasteiger partial charge in [-0.25, -0.2) is 13.8 Å². The van der Waals surface area contributed by atoms with Crippen LogP contribution in [-0.2, 0) is 17.5 Å². The number of hydrogen-bond acceptors (Lipinski definition) is 4. The SMILES string of the molecule is CC(=O)NC(Cn1cnc2cccc(C#N)c21)c1ccc(OC(CF)CF)cc1C(F)(F)F. The topological polar surface area (TPSA) is 79.9 Å². The third-order valence-corrected chi connectivity index (χ3v) is 4.87. The summed E-state index contributed by atoms with van der Waals surface area (Å²) in [6, 6.07) is 8.59. The van der Waals surface area contributed by atoms with Gasteiger partial charge in [-0.3, -0.25) is 4.79 Å². The van der Waals surface area contributed by atoms with Gasteiger partial charge in [0.1, 0.15) is 25.2 Å². The van der Waals surface area contributed by atoms with E-state index in [0.29, 0.717) is 17.1 Å². The predicted octanol–water partition coefficient (Wildman–Crippen LogP) is 4.49. The maximum absolute atomic E-state index is 13.9. The Kier molecular flexibility index (Phi) is 7.16. The Morgan fingerprint density at radius 3 is 2.58 bits per heavy atom. The fraction of sp³-hybridized carbons (Fsp3) is 0.318. The van der Waals surface area contributed by atoms with Crippen molar-refractivity contribution in [1.29, 1.82) is 5.26 Å². The van der Waals surface area contributed by atoms with Crippen molar-refractivity contribution in [3.05, 3.63) is 59.4 Å². The first-order valence-corrected chi connectivity index (χ1v) is 9.78. The largest absolute Gasteiger partial charge is 0.485 e. The van der Waals surface area contributed by atoms with E-state index in [1.165, 1.54) is 10.9 Å². The van der Waals surface area contributed by atoms with Gasteiger partial charge in [0.2, 0.25) is 5.91 Å². The number of amides is 1. The number of halogens is 5. The highest BCUT2D eigenvalue weighted by Crippen LogP contribution is 2.38. The van der Waals surface area contributed by atoms with Crippen molar-refractivity contribution >= 4 is 16.9 Å². The summed E-state index contributed by atoms with van der Waals surface area (Å²) in [4.78, 5) is 16.0. The highest BCUT2D eigenvalue weighted by atomic mass is 19.4. The number of nitrogens with zero attached hydrogens (tertiary/aromatic N) is 3. The average molecular weight is 466 g/mol. The summed E-state index contributed by atoms with van der Waals surface area (Å²) in [6.45, 7) is -1.40. The molecule has 174 valence electrons. The first-order chi connectivity index (χ1) is 15.7. The number of carbonyl (C=O) groups is 1. The molecular formula is C22H19F5N4O2. The van der Waals surface area contributed by atoms with Crippen LogP contribution in [0.1, 0.15) is 29.7 Å². The lowest BCUT2D eigenvalue weighted by Crippen LogP contribution is -2.31. The van der Waals surface area contributed by atoms with Crippen LogP contribution in [0.25, 0.3) is 11.0 Å². The summed E-state index contributed by atoms with van der Waals surface area (Å²) < 4.78 is 73.7. The van der Waals surface area contributed by atoms with E-state index >= 15 is 0 Å². The van der Waals surface area contributed by atoms with Crippen LogP contribution in [0.4, 0.5) is 22.0 Å². The van der Waals surface area contributed by atoms with E-state index in [-0.39, 0.29) is 23.4 Å². The molecule has 2 aromatic carbocycles. The maximum atomic E-state index is 13.9. The molecule has 1 unspecified atom stereocenters. The number of imidazole rings is 1. The summed E-state index contributed by atoms with van der Waals surface area (Å²) in [5.74, 6) is -0.930. The van der Waals surface area contributed by atoms with Gasteiger partial charge in [-0.1, -0.05) is 12.1 Å². The Morgan fingerprint density at radius 1 is 1.24 bits per heavy atom. The molecule has 0 fully saturated rings. The fourth-order valence-electron chi connectivity index (χ4n) is 3.47. The molecule has 0 aliphatic rings. The van der Waals surface area contributed by atoms with Gasteiger partial charge in [-0.2, -0.15) is 18.4 Å². The molecule has 1 atom stereocenters. The molecule has 1 N–H and O–H groups in total. The van der Waals surface area contributed by atoms with E-state index in [2.05, 4.69) is 10.3 Å². The summed E-state index contributed by atoms with van der Waals surface area (Å²) in [7, 11) is 0.